The quantitative estimate of drug-likeness (QED) is 0.693. The number of carbonyl (C=O) groups excluding carboxylic acids is 2. The number of carbonyl (C=O) groups is 2. The van der Waals surface area contributed by atoms with Gasteiger partial charge in [0.2, 0.25) is 5.91 Å². The van der Waals surface area contributed by atoms with E-state index in [1.165, 1.54) is 11.3 Å². The molecule has 27 heavy (non-hydrogen) atoms. The summed E-state index contributed by atoms with van der Waals surface area (Å²) >= 11 is 1.39. The first-order chi connectivity index (χ1) is 13.0. The Hall–Kier alpha value is -2.12. The highest BCUT2D eigenvalue weighted by atomic mass is 32.1. The number of amides is 2. The summed E-state index contributed by atoms with van der Waals surface area (Å²) in [5, 5.41) is 1.87. The molecule has 2 amide bonds. The molecule has 1 aliphatic rings. The van der Waals surface area contributed by atoms with Crippen LogP contribution in [0.15, 0.2) is 40.3 Å². The van der Waals surface area contributed by atoms with E-state index in [1.807, 2.05) is 37.4 Å². The Bertz CT molecular complexity index is 721. The first kappa shape index (κ1) is 19.6. The van der Waals surface area contributed by atoms with Gasteiger partial charge in [-0.1, -0.05) is 6.07 Å². The Morgan fingerprint density at radius 3 is 2.74 bits per heavy atom. The normalized spacial score (nSPS) is 16.6. The van der Waals surface area contributed by atoms with Gasteiger partial charge in [-0.3, -0.25) is 9.59 Å². The van der Waals surface area contributed by atoms with Gasteiger partial charge in [-0.2, -0.15) is 0 Å². The zero-order valence-corrected chi connectivity index (χ0v) is 16.6. The van der Waals surface area contributed by atoms with Crippen molar-refractivity contribution in [1.29, 1.82) is 0 Å². The van der Waals surface area contributed by atoms with Crippen molar-refractivity contribution in [2.45, 2.75) is 45.4 Å². The van der Waals surface area contributed by atoms with Gasteiger partial charge in [-0.25, -0.2) is 0 Å². The molecule has 2 aromatic heterocycles. The molecule has 3 rings (SSSR count). The van der Waals surface area contributed by atoms with Gasteiger partial charge in [-0.15, -0.1) is 11.3 Å². The van der Waals surface area contributed by atoms with Gasteiger partial charge in [-0.05, 0) is 50.3 Å². The maximum absolute atomic E-state index is 13.1. The standard InChI is InChI=1S/C20H26N2O4S/c1-15(2)22(20(24)18-8-5-11-27-18)14-19(23)21(12-16-6-3-9-25-16)13-17-7-4-10-26-17/h3,5-6,8-9,11,15,17H,4,7,10,12-14H2,1-2H3/t17-/m1/s1. The van der Waals surface area contributed by atoms with Crippen molar-refractivity contribution in [3.63, 3.8) is 0 Å². The van der Waals surface area contributed by atoms with E-state index in [0.717, 1.165) is 25.2 Å². The Morgan fingerprint density at radius 1 is 1.30 bits per heavy atom. The molecule has 0 aliphatic carbocycles. The lowest BCUT2D eigenvalue weighted by molar-refractivity contribution is -0.134. The fourth-order valence-corrected chi connectivity index (χ4v) is 3.83. The van der Waals surface area contributed by atoms with Crippen LogP contribution in [0.25, 0.3) is 0 Å². The molecule has 1 aliphatic heterocycles. The van der Waals surface area contributed by atoms with Crippen LogP contribution in [0.2, 0.25) is 0 Å². The number of thiophene rings is 1. The minimum Gasteiger partial charge on any atom is -0.467 e. The minimum atomic E-state index is -0.108. The molecule has 0 unspecified atom stereocenters. The van der Waals surface area contributed by atoms with Crippen LogP contribution in [-0.2, 0) is 16.1 Å². The first-order valence-electron chi connectivity index (χ1n) is 9.31. The maximum Gasteiger partial charge on any atom is 0.264 e. The number of nitrogens with zero attached hydrogens (tertiary/aromatic N) is 2. The Balaban J connectivity index is 1.71. The molecule has 0 N–H and O–H groups in total. The average Bonchev–Trinajstić information content (AvgIpc) is 3.41. The van der Waals surface area contributed by atoms with E-state index < -0.39 is 0 Å². The zero-order valence-electron chi connectivity index (χ0n) is 15.8. The van der Waals surface area contributed by atoms with Crippen molar-refractivity contribution in [3.8, 4) is 0 Å². The van der Waals surface area contributed by atoms with Crippen molar-refractivity contribution in [3.05, 3.63) is 46.5 Å². The number of hydrogen-bond donors (Lipinski definition) is 0. The smallest absolute Gasteiger partial charge is 0.264 e. The van der Waals surface area contributed by atoms with Crippen LogP contribution in [0.5, 0.6) is 0 Å². The van der Waals surface area contributed by atoms with Gasteiger partial charge in [0, 0.05) is 19.2 Å². The SMILES string of the molecule is CC(C)N(CC(=O)N(Cc1ccco1)C[C@H]1CCCO1)C(=O)c1cccs1. The van der Waals surface area contributed by atoms with E-state index >= 15 is 0 Å². The highest BCUT2D eigenvalue weighted by Crippen LogP contribution is 2.18. The summed E-state index contributed by atoms with van der Waals surface area (Å²) in [6.07, 6.45) is 3.61. The highest BCUT2D eigenvalue weighted by molar-refractivity contribution is 7.12. The van der Waals surface area contributed by atoms with Crippen molar-refractivity contribution in [2.75, 3.05) is 19.7 Å². The second-order valence-electron chi connectivity index (χ2n) is 6.99. The zero-order chi connectivity index (χ0) is 19.2. The molecule has 0 spiro atoms. The van der Waals surface area contributed by atoms with Crippen LogP contribution in [0.1, 0.15) is 42.1 Å². The van der Waals surface area contributed by atoms with Crippen LogP contribution in [0, 0.1) is 0 Å². The summed E-state index contributed by atoms with van der Waals surface area (Å²) in [4.78, 5) is 29.9. The predicted octanol–water partition coefficient (Wildman–Crippen LogP) is 3.40. The molecule has 1 atom stereocenters. The van der Waals surface area contributed by atoms with Crippen molar-refractivity contribution in [1.82, 2.24) is 9.80 Å². The van der Waals surface area contributed by atoms with Crippen LogP contribution >= 0.6 is 11.3 Å². The summed E-state index contributed by atoms with van der Waals surface area (Å²) in [6.45, 7) is 5.53. The summed E-state index contributed by atoms with van der Waals surface area (Å²) in [6, 6.07) is 7.23. The molecule has 0 radical (unpaired) electrons. The summed E-state index contributed by atoms with van der Waals surface area (Å²) in [5.41, 5.74) is 0. The van der Waals surface area contributed by atoms with Crippen molar-refractivity contribution in [2.24, 2.45) is 0 Å². The fourth-order valence-electron chi connectivity index (χ4n) is 3.16. The number of ether oxygens (including phenoxy) is 1. The van der Waals surface area contributed by atoms with Crippen LogP contribution in [-0.4, -0.2) is 53.5 Å². The van der Waals surface area contributed by atoms with Gasteiger partial charge in [0.1, 0.15) is 12.3 Å². The van der Waals surface area contributed by atoms with Gasteiger partial charge in [0.25, 0.3) is 5.91 Å². The summed E-state index contributed by atoms with van der Waals surface area (Å²) in [7, 11) is 0. The average molecular weight is 391 g/mol. The molecule has 146 valence electrons. The van der Waals surface area contributed by atoms with Crippen LogP contribution in [0.4, 0.5) is 0 Å². The second kappa shape index (κ2) is 9.19. The maximum atomic E-state index is 13.1. The van der Waals surface area contributed by atoms with Gasteiger partial charge < -0.3 is 19.0 Å². The second-order valence-corrected chi connectivity index (χ2v) is 7.94. The molecule has 0 aromatic carbocycles. The monoisotopic (exact) mass is 390 g/mol. The topological polar surface area (TPSA) is 63.0 Å². The molecule has 1 fully saturated rings. The lowest BCUT2D eigenvalue weighted by Crippen LogP contribution is -2.47. The molecule has 1 saturated heterocycles. The van der Waals surface area contributed by atoms with Crippen molar-refractivity contribution < 1.29 is 18.7 Å². The minimum absolute atomic E-state index is 0.0435. The third-order valence-corrected chi connectivity index (χ3v) is 5.51. The molecular weight excluding hydrogens is 364 g/mol. The van der Waals surface area contributed by atoms with E-state index in [4.69, 9.17) is 9.15 Å². The largest absolute Gasteiger partial charge is 0.467 e. The molecule has 3 heterocycles. The number of hydrogen-bond acceptors (Lipinski definition) is 5. The first-order valence-corrected chi connectivity index (χ1v) is 10.2. The molecule has 6 nitrogen and oxygen atoms in total. The fraction of sp³-hybridized carbons (Fsp3) is 0.500. The lowest BCUT2D eigenvalue weighted by Gasteiger charge is -2.30. The predicted molar refractivity (Wildman–Crippen MR) is 104 cm³/mol. The highest BCUT2D eigenvalue weighted by Gasteiger charge is 2.28. The molecule has 0 saturated carbocycles. The van der Waals surface area contributed by atoms with Crippen LogP contribution in [0.3, 0.4) is 0 Å². The summed E-state index contributed by atoms with van der Waals surface area (Å²) < 4.78 is 11.1. The van der Waals surface area contributed by atoms with Crippen LogP contribution < -0.4 is 0 Å². The van der Waals surface area contributed by atoms with E-state index in [-0.39, 0.29) is 30.5 Å². The Kier molecular flexibility index (Phi) is 6.68. The van der Waals surface area contributed by atoms with E-state index in [0.29, 0.717) is 18.0 Å². The van der Waals surface area contributed by atoms with Gasteiger partial charge in [0.05, 0.1) is 23.8 Å². The van der Waals surface area contributed by atoms with E-state index in [9.17, 15) is 9.59 Å². The molecule has 7 heteroatoms. The number of rotatable bonds is 8. The molecule has 2 aromatic rings. The third kappa shape index (κ3) is 5.20. The summed E-state index contributed by atoms with van der Waals surface area (Å²) in [5.74, 6) is 0.519. The van der Waals surface area contributed by atoms with Gasteiger partial charge >= 0.3 is 0 Å². The van der Waals surface area contributed by atoms with E-state index in [1.54, 1.807) is 22.1 Å². The third-order valence-electron chi connectivity index (χ3n) is 4.65. The Labute approximate surface area is 163 Å². The van der Waals surface area contributed by atoms with Crippen molar-refractivity contribution >= 4 is 23.2 Å². The Morgan fingerprint density at radius 2 is 2.15 bits per heavy atom. The van der Waals surface area contributed by atoms with E-state index in [2.05, 4.69) is 0 Å². The molecule has 0 bridgehead atoms. The van der Waals surface area contributed by atoms with Gasteiger partial charge in [0.15, 0.2) is 0 Å². The lowest BCUT2D eigenvalue weighted by atomic mass is 10.2. The molecular formula is C20H26N2O4S. The number of furan rings is 1.